The molecule has 1 atom stereocenters. The topological polar surface area (TPSA) is 114 Å². The molecule has 36 heavy (non-hydrogen) atoms. The maximum atomic E-state index is 12.0. The first-order chi connectivity index (χ1) is 17.1. The summed E-state index contributed by atoms with van der Waals surface area (Å²) in [4.78, 5) is 28.3. The number of anilines is 2. The minimum absolute atomic E-state index is 0.255. The van der Waals surface area contributed by atoms with Crippen LogP contribution in [0.1, 0.15) is 58.1 Å². The Labute approximate surface area is 211 Å². The minimum atomic E-state index is -0.551. The lowest BCUT2D eigenvalue weighted by molar-refractivity contribution is 0.0523. The molecular weight excluding hydrogens is 456 g/mol. The van der Waals surface area contributed by atoms with Crippen LogP contribution in [0, 0.1) is 0 Å². The number of nitrogens with one attached hydrogen (secondary N) is 1. The van der Waals surface area contributed by atoms with E-state index in [1.807, 2.05) is 68.1 Å². The van der Waals surface area contributed by atoms with Crippen LogP contribution in [0.2, 0.25) is 0 Å². The Morgan fingerprint density at radius 1 is 1.22 bits per heavy atom. The Balaban J connectivity index is 1.44. The number of fused-ring (bicyclic) bond motifs is 1. The molecule has 3 aliphatic rings. The molecule has 9 heteroatoms. The van der Waals surface area contributed by atoms with Crippen LogP contribution >= 0.6 is 0 Å². The molecule has 2 aliphatic heterocycles. The van der Waals surface area contributed by atoms with Gasteiger partial charge in [-0.3, -0.25) is 9.89 Å². The second kappa shape index (κ2) is 8.96. The Morgan fingerprint density at radius 2 is 1.97 bits per heavy atom. The summed E-state index contributed by atoms with van der Waals surface area (Å²) in [6.45, 7) is 7.94. The SMILES string of the molecule is CC(C)(C)OC(=O)NCc1ccc(N2C(c3cccnc3N)=NC3(C)CC=C(OC4CC4)N=C23)cc1. The molecule has 1 fully saturated rings. The number of amides is 1. The first-order valence-corrected chi connectivity index (χ1v) is 12.2. The predicted octanol–water partition coefficient (Wildman–Crippen LogP) is 4.54. The average molecular weight is 489 g/mol. The number of hydrogen-bond acceptors (Lipinski definition) is 8. The first kappa shape index (κ1) is 23.8. The average Bonchev–Trinajstić information content (AvgIpc) is 3.58. The van der Waals surface area contributed by atoms with Crippen LogP contribution < -0.4 is 16.0 Å². The molecule has 3 N–H and O–H groups in total. The summed E-state index contributed by atoms with van der Waals surface area (Å²) in [5.41, 5.74) is 7.74. The van der Waals surface area contributed by atoms with E-state index < -0.39 is 17.2 Å². The fraction of sp³-hybridized carbons (Fsp3) is 0.407. The van der Waals surface area contributed by atoms with Crippen LogP contribution in [0.25, 0.3) is 0 Å². The highest BCUT2D eigenvalue weighted by Crippen LogP contribution is 2.39. The normalized spacial score (nSPS) is 21.2. The standard InChI is InChI=1S/C27H32N6O3/c1-26(2,3)36-25(34)30-16-17-7-9-18(10-8-17)33-23(20-6-5-15-29-22(20)28)32-27(4)14-13-21(31-24(27)33)35-19-11-12-19/h5-10,13,15,19H,11-12,14,16H2,1-4H3,(H2,28,29)(H,30,34). The fourth-order valence-electron chi connectivity index (χ4n) is 4.13. The van der Waals surface area contributed by atoms with E-state index in [0.29, 0.717) is 30.5 Å². The number of hydrogen-bond donors (Lipinski definition) is 2. The number of rotatable bonds is 6. The Bertz CT molecular complexity index is 1260. The lowest BCUT2D eigenvalue weighted by Crippen LogP contribution is -2.43. The van der Waals surface area contributed by atoms with E-state index in [9.17, 15) is 4.79 Å². The third kappa shape index (κ3) is 5.05. The summed E-state index contributed by atoms with van der Waals surface area (Å²) >= 11 is 0. The van der Waals surface area contributed by atoms with E-state index in [-0.39, 0.29) is 6.10 Å². The molecule has 5 rings (SSSR count). The van der Waals surface area contributed by atoms with Crippen molar-refractivity contribution in [1.82, 2.24) is 10.3 Å². The van der Waals surface area contributed by atoms with Gasteiger partial charge in [-0.2, -0.15) is 4.99 Å². The summed E-state index contributed by atoms with van der Waals surface area (Å²) in [6, 6.07) is 11.7. The predicted molar refractivity (Wildman–Crippen MR) is 140 cm³/mol. The minimum Gasteiger partial charge on any atom is -0.475 e. The number of aliphatic imine (C=N–C) groups is 2. The van der Waals surface area contributed by atoms with E-state index >= 15 is 0 Å². The van der Waals surface area contributed by atoms with Gasteiger partial charge < -0.3 is 20.5 Å². The second-order valence-electron chi connectivity index (χ2n) is 10.5. The zero-order valence-corrected chi connectivity index (χ0v) is 21.1. The van der Waals surface area contributed by atoms with E-state index in [0.717, 1.165) is 35.5 Å². The molecule has 1 saturated carbocycles. The third-order valence-corrected chi connectivity index (χ3v) is 6.07. The van der Waals surface area contributed by atoms with E-state index in [2.05, 4.69) is 17.2 Å². The first-order valence-electron chi connectivity index (χ1n) is 12.2. The molecule has 1 aliphatic carbocycles. The Hall–Kier alpha value is -3.88. The molecule has 0 radical (unpaired) electrons. The molecule has 2 aromatic rings. The van der Waals surface area contributed by atoms with Crippen molar-refractivity contribution in [2.75, 3.05) is 10.6 Å². The Morgan fingerprint density at radius 3 is 2.64 bits per heavy atom. The van der Waals surface area contributed by atoms with Gasteiger partial charge in [0.2, 0.25) is 5.88 Å². The molecule has 0 spiro atoms. The molecule has 0 bridgehead atoms. The number of benzene rings is 1. The number of alkyl carbamates (subject to hydrolysis) is 1. The summed E-state index contributed by atoms with van der Waals surface area (Å²) in [5, 5.41) is 2.80. The maximum Gasteiger partial charge on any atom is 0.407 e. The van der Waals surface area contributed by atoms with Crippen LogP contribution in [0.3, 0.4) is 0 Å². The van der Waals surface area contributed by atoms with Crippen molar-refractivity contribution in [3.63, 3.8) is 0 Å². The molecule has 1 aromatic carbocycles. The van der Waals surface area contributed by atoms with Gasteiger partial charge >= 0.3 is 6.09 Å². The number of ether oxygens (including phenoxy) is 2. The lowest BCUT2D eigenvalue weighted by Gasteiger charge is -2.29. The van der Waals surface area contributed by atoms with Crippen molar-refractivity contribution >= 4 is 29.3 Å². The zero-order valence-electron chi connectivity index (χ0n) is 21.1. The van der Waals surface area contributed by atoms with Crippen LogP contribution in [0.15, 0.2) is 64.5 Å². The largest absolute Gasteiger partial charge is 0.475 e. The number of nitrogens with zero attached hydrogens (tertiary/aromatic N) is 4. The van der Waals surface area contributed by atoms with Gasteiger partial charge in [0.15, 0.2) is 0 Å². The van der Waals surface area contributed by atoms with Gasteiger partial charge in [-0.1, -0.05) is 12.1 Å². The monoisotopic (exact) mass is 488 g/mol. The number of carbonyl (C=O) groups excluding carboxylic acids is 1. The molecule has 3 heterocycles. The van der Waals surface area contributed by atoms with Gasteiger partial charge in [-0.05, 0) is 76.4 Å². The van der Waals surface area contributed by atoms with Crippen LogP contribution in [-0.2, 0) is 16.0 Å². The summed E-state index contributed by atoms with van der Waals surface area (Å²) in [6.07, 6.45) is 6.30. The zero-order chi connectivity index (χ0) is 25.5. The molecule has 9 nitrogen and oxygen atoms in total. The molecular formula is C27H32N6O3. The van der Waals surface area contributed by atoms with Crippen molar-refractivity contribution in [3.05, 3.63) is 65.7 Å². The third-order valence-electron chi connectivity index (χ3n) is 6.07. The van der Waals surface area contributed by atoms with Crippen LogP contribution in [-0.4, -0.2) is 40.0 Å². The highest BCUT2D eigenvalue weighted by molar-refractivity contribution is 6.32. The lowest BCUT2D eigenvalue weighted by atomic mass is 9.95. The number of pyridine rings is 1. The number of nitrogen functional groups attached to an aromatic ring is 1. The van der Waals surface area contributed by atoms with Crippen molar-refractivity contribution in [2.45, 2.75) is 70.7 Å². The number of aromatic nitrogens is 1. The van der Waals surface area contributed by atoms with Gasteiger partial charge in [0.25, 0.3) is 0 Å². The number of carbonyl (C=O) groups is 1. The second-order valence-corrected chi connectivity index (χ2v) is 10.5. The summed E-state index contributed by atoms with van der Waals surface area (Å²) < 4.78 is 11.3. The van der Waals surface area contributed by atoms with Crippen molar-refractivity contribution < 1.29 is 14.3 Å². The molecule has 0 saturated heterocycles. The van der Waals surface area contributed by atoms with Crippen LogP contribution in [0.4, 0.5) is 16.3 Å². The summed E-state index contributed by atoms with van der Waals surface area (Å²) in [7, 11) is 0. The Kier molecular flexibility index (Phi) is 5.94. The van der Waals surface area contributed by atoms with Gasteiger partial charge in [-0.15, -0.1) is 0 Å². The highest BCUT2D eigenvalue weighted by Gasteiger charge is 2.46. The van der Waals surface area contributed by atoms with Crippen LogP contribution in [0.5, 0.6) is 0 Å². The molecule has 1 aromatic heterocycles. The van der Waals surface area contributed by atoms with Crippen molar-refractivity contribution in [2.24, 2.45) is 9.98 Å². The highest BCUT2D eigenvalue weighted by atomic mass is 16.6. The fourth-order valence-corrected chi connectivity index (χ4v) is 4.13. The number of amidine groups is 2. The quantitative estimate of drug-likeness (QED) is 0.617. The van der Waals surface area contributed by atoms with Gasteiger partial charge in [0.1, 0.15) is 34.7 Å². The van der Waals surface area contributed by atoms with Crippen molar-refractivity contribution in [3.8, 4) is 0 Å². The summed E-state index contributed by atoms with van der Waals surface area (Å²) in [5.74, 6) is 2.54. The van der Waals surface area contributed by atoms with E-state index in [1.54, 1.807) is 6.20 Å². The van der Waals surface area contributed by atoms with Crippen molar-refractivity contribution in [1.29, 1.82) is 0 Å². The molecule has 1 amide bonds. The van der Waals surface area contributed by atoms with Gasteiger partial charge in [-0.25, -0.2) is 9.78 Å². The maximum absolute atomic E-state index is 12.0. The van der Waals surface area contributed by atoms with Gasteiger partial charge in [0.05, 0.1) is 5.56 Å². The molecule has 188 valence electrons. The molecule has 1 unspecified atom stereocenters. The van der Waals surface area contributed by atoms with E-state index in [1.165, 1.54) is 0 Å². The number of nitrogens with two attached hydrogens (primary N) is 1. The van der Waals surface area contributed by atoms with Gasteiger partial charge in [0, 0.05) is 24.8 Å². The van der Waals surface area contributed by atoms with E-state index in [4.69, 9.17) is 25.2 Å². The smallest absolute Gasteiger partial charge is 0.407 e.